The van der Waals surface area contributed by atoms with E-state index in [2.05, 4.69) is 36.2 Å². The van der Waals surface area contributed by atoms with E-state index in [1.807, 2.05) is 24.3 Å². The zero-order chi connectivity index (χ0) is 18.2. The van der Waals surface area contributed by atoms with Gasteiger partial charge in [-0.2, -0.15) is 0 Å². The van der Waals surface area contributed by atoms with Gasteiger partial charge in [-0.1, -0.05) is 12.1 Å². The number of para-hydroxylation sites is 2. The van der Waals surface area contributed by atoms with Crippen LogP contribution in [-0.4, -0.2) is 38.9 Å². The van der Waals surface area contributed by atoms with Gasteiger partial charge in [0.2, 0.25) is 11.9 Å². The van der Waals surface area contributed by atoms with Crippen molar-refractivity contribution in [3.63, 3.8) is 0 Å². The standard InChI is InChI=1S/C20H22N6O/c27-19(25-20-23-15-3-1-2-4-16(15)24-20)14-7-9-26(10-8-14)18-11-17(13-5-6-13)21-12-22-18/h1-4,11-14H,5-10H2,(H2,23,24,25,27). The van der Waals surface area contributed by atoms with Crippen molar-refractivity contribution in [1.29, 1.82) is 0 Å². The largest absolute Gasteiger partial charge is 0.356 e. The number of aromatic amines is 1. The lowest BCUT2D eigenvalue weighted by molar-refractivity contribution is -0.120. The molecule has 0 spiro atoms. The molecule has 1 saturated heterocycles. The molecule has 0 radical (unpaired) electrons. The van der Waals surface area contributed by atoms with Crippen LogP contribution in [0.3, 0.4) is 0 Å². The minimum atomic E-state index is -0.000739. The minimum absolute atomic E-state index is 0.000739. The summed E-state index contributed by atoms with van der Waals surface area (Å²) in [5.41, 5.74) is 2.94. The van der Waals surface area contributed by atoms with Crippen molar-refractivity contribution in [1.82, 2.24) is 19.9 Å². The van der Waals surface area contributed by atoms with Crippen LogP contribution in [-0.2, 0) is 4.79 Å². The zero-order valence-electron chi connectivity index (χ0n) is 15.1. The van der Waals surface area contributed by atoms with E-state index in [-0.39, 0.29) is 11.8 Å². The predicted octanol–water partition coefficient (Wildman–Crippen LogP) is 3.09. The average molecular weight is 362 g/mol. The Morgan fingerprint density at radius 3 is 2.70 bits per heavy atom. The molecule has 1 amide bonds. The molecular weight excluding hydrogens is 340 g/mol. The number of nitrogens with one attached hydrogen (secondary N) is 2. The Kier molecular flexibility index (Phi) is 3.99. The molecule has 0 bridgehead atoms. The lowest BCUT2D eigenvalue weighted by Crippen LogP contribution is -2.38. The fraction of sp³-hybridized carbons (Fsp3) is 0.400. The third-order valence-corrected chi connectivity index (χ3v) is 5.49. The summed E-state index contributed by atoms with van der Waals surface area (Å²) < 4.78 is 0. The fourth-order valence-electron chi connectivity index (χ4n) is 3.74. The second-order valence-corrected chi connectivity index (χ2v) is 7.43. The molecule has 2 fully saturated rings. The van der Waals surface area contributed by atoms with Crippen LogP contribution >= 0.6 is 0 Å². The van der Waals surface area contributed by atoms with Gasteiger partial charge in [0.05, 0.1) is 11.0 Å². The molecule has 3 heterocycles. The Morgan fingerprint density at radius 1 is 1.11 bits per heavy atom. The van der Waals surface area contributed by atoms with Crippen LogP contribution < -0.4 is 10.2 Å². The first-order valence-electron chi connectivity index (χ1n) is 9.59. The highest BCUT2D eigenvalue weighted by Crippen LogP contribution is 2.39. The van der Waals surface area contributed by atoms with Crippen molar-refractivity contribution in [2.75, 3.05) is 23.3 Å². The van der Waals surface area contributed by atoms with Crippen molar-refractivity contribution >= 4 is 28.7 Å². The van der Waals surface area contributed by atoms with Gasteiger partial charge in [-0.3, -0.25) is 10.1 Å². The maximum Gasteiger partial charge on any atom is 0.229 e. The number of benzene rings is 1. The van der Waals surface area contributed by atoms with Crippen molar-refractivity contribution in [2.24, 2.45) is 5.92 Å². The molecule has 5 rings (SSSR count). The third-order valence-electron chi connectivity index (χ3n) is 5.49. The Morgan fingerprint density at radius 2 is 1.93 bits per heavy atom. The summed E-state index contributed by atoms with van der Waals surface area (Å²) in [6.07, 6.45) is 5.77. The summed E-state index contributed by atoms with van der Waals surface area (Å²) in [4.78, 5) is 31.3. The Hall–Kier alpha value is -2.96. The number of amides is 1. The minimum Gasteiger partial charge on any atom is -0.356 e. The number of H-pyrrole nitrogens is 1. The monoisotopic (exact) mass is 362 g/mol. The number of fused-ring (bicyclic) bond motifs is 1. The summed E-state index contributed by atoms with van der Waals surface area (Å²) in [7, 11) is 0. The molecule has 138 valence electrons. The number of nitrogens with zero attached hydrogens (tertiary/aromatic N) is 4. The molecule has 1 saturated carbocycles. The molecule has 7 heteroatoms. The number of hydrogen-bond donors (Lipinski definition) is 2. The molecule has 2 aliphatic rings. The van der Waals surface area contributed by atoms with Gasteiger partial charge in [0.25, 0.3) is 0 Å². The molecule has 1 aliphatic carbocycles. The maximum atomic E-state index is 12.6. The van der Waals surface area contributed by atoms with Crippen LogP contribution in [0, 0.1) is 5.92 Å². The van der Waals surface area contributed by atoms with Crippen LogP contribution in [0.25, 0.3) is 11.0 Å². The van der Waals surface area contributed by atoms with E-state index in [9.17, 15) is 4.79 Å². The van der Waals surface area contributed by atoms with Crippen molar-refractivity contribution in [3.8, 4) is 0 Å². The van der Waals surface area contributed by atoms with E-state index in [1.165, 1.54) is 12.8 Å². The van der Waals surface area contributed by atoms with E-state index in [0.717, 1.165) is 48.5 Å². The van der Waals surface area contributed by atoms with Crippen LogP contribution in [0.15, 0.2) is 36.7 Å². The first-order chi connectivity index (χ1) is 13.3. The molecule has 2 aromatic heterocycles. The zero-order valence-corrected chi connectivity index (χ0v) is 15.1. The summed E-state index contributed by atoms with van der Waals surface area (Å²) in [5.74, 6) is 2.17. The normalized spacial score (nSPS) is 18.0. The first kappa shape index (κ1) is 16.2. The highest BCUT2D eigenvalue weighted by Gasteiger charge is 2.28. The van der Waals surface area contributed by atoms with Crippen LogP contribution in [0.2, 0.25) is 0 Å². The van der Waals surface area contributed by atoms with Gasteiger partial charge in [0, 0.05) is 36.7 Å². The number of piperidine rings is 1. The molecule has 0 unspecified atom stereocenters. The molecule has 1 aliphatic heterocycles. The molecule has 27 heavy (non-hydrogen) atoms. The number of carbonyl (C=O) groups excluding carboxylic acids is 1. The SMILES string of the molecule is O=C(Nc1nc2ccccc2[nH]1)C1CCN(c2cc(C3CC3)ncn2)CC1. The molecule has 3 aromatic rings. The highest BCUT2D eigenvalue weighted by atomic mass is 16.2. The quantitative estimate of drug-likeness (QED) is 0.745. The lowest BCUT2D eigenvalue weighted by Gasteiger charge is -2.32. The van der Waals surface area contributed by atoms with Gasteiger partial charge in [-0.25, -0.2) is 15.0 Å². The smallest absolute Gasteiger partial charge is 0.229 e. The first-order valence-corrected chi connectivity index (χ1v) is 9.59. The Balaban J connectivity index is 1.21. The lowest BCUT2D eigenvalue weighted by atomic mass is 9.96. The average Bonchev–Trinajstić information content (AvgIpc) is 3.48. The maximum absolute atomic E-state index is 12.6. The van der Waals surface area contributed by atoms with Gasteiger partial charge in [0.15, 0.2) is 0 Å². The topological polar surface area (TPSA) is 86.8 Å². The second kappa shape index (κ2) is 6.64. The fourth-order valence-corrected chi connectivity index (χ4v) is 3.74. The van der Waals surface area contributed by atoms with Gasteiger partial charge in [-0.05, 0) is 37.8 Å². The number of anilines is 2. The van der Waals surface area contributed by atoms with Gasteiger partial charge in [0.1, 0.15) is 12.1 Å². The van der Waals surface area contributed by atoms with E-state index in [0.29, 0.717) is 11.9 Å². The second-order valence-electron chi connectivity index (χ2n) is 7.43. The van der Waals surface area contributed by atoms with Crippen molar-refractivity contribution < 1.29 is 4.79 Å². The molecular formula is C20H22N6O. The molecule has 7 nitrogen and oxygen atoms in total. The van der Waals surface area contributed by atoms with Gasteiger partial charge < -0.3 is 9.88 Å². The predicted molar refractivity (Wildman–Crippen MR) is 104 cm³/mol. The van der Waals surface area contributed by atoms with Crippen LogP contribution in [0.5, 0.6) is 0 Å². The van der Waals surface area contributed by atoms with E-state index in [4.69, 9.17) is 0 Å². The third kappa shape index (κ3) is 3.37. The highest BCUT2D eigenvalue weighted by molar-refractivity contribution is 5.92. The van der Waals surface area contributed by atoms with Crippen molar-refractivity contribution in [2.45, 2.75) is 31.6 Å². The summed E-state index contributed by atoms with van der Waals surface area (Å²) >= 11 is 0. The van der Waals surface area contributed by atoms with E-state index >= 15 is 0 Å². The van der Waals surface area contributed by atoms with Gasteiger partial charge in [-0.15, -0.1) is 0 Å². The summed E-state index contributed by atoms with van der Waals surface area (Å²) in [6.45, 7) is 1.67. The molecule has 2 N–H and O–H groups in total. The Labute approximate surface area is 157 Å². The summed E-state index contributed by atoms with van der Waals surface area (Å²) in [5, 5.41) is 2.94. The van der Waals surface area contributed by atoms with E-state index in [1.54, 1.807) is 6.33 Å². The summed E-state index contributed by atoms with van der Waals surface area (Å²) in [6, 6.07) is 9.88. The molecule has 1 aromatic carbocycles. The number of imidazole rings is 1. The van der Waals surface area contributed by atoms with Crippen molar-refractivity contribution in [3.05, 3.63) is 42.4 Å². The molecule has 0 atom stereocenters. The number of carbonyl (C=O) groups is 1. The number of hydrogen-bond acceptors (Lipinski definition) is 5. The van der Waals surface area contributed by atoms with Crippen LogP contribution in [0.4, 0.5) is 11.8 Å². The van der Waals surface area contributed by atoms with Crippen LogP contribution in [0.1, 0.15) is 37.3 Å². The van der Waals surface area contributed by atoms with Gasteiger partial charge >= 0.3 is 0 Å². The Bertz CT molecular complexity index is 938. The number of rotatable bonds is 4. The van der Waals surface area contributed by atoms with E-state index < -0.39 is 0 Å². The number of aromatic nitrogens is 4.